The van der Waals surface area contributed by atoms with Crippen LogP contribution in [0.5, 0.6) is 0 Å². The van der Waals surface area contributed by atoms with Crippen LogP contribution in [0.1, 0.15) is 32.6 Å². The average molecular weight is 390 g/mol. The number of hydrogen-bond acceptors (Lipinski definition) is 5. The van der Waals surface area contributed by atoms with Crippen molar-refractivity contribution in [1.82, 2.24) is 14.9 Å². The van der Waals surface area contributed by atoms with E-state index in [0.29, 0.717) is 35.1 Å². The molecule has 0 saturated heterocycles. The van der Waals surface area contributed by atoms with Gasteiger partial charge in [-0.25, -0.2) is 4.98 Å². The summed E-state index contributed by atoms with van der Waals surface area (Å²) in [5, 5.41) is 4.29. The topological polar surface area (TPSA) is 73.2 Å². The van der Waals surface area contributed by atoms with Crippen molar-refractivity contribution in [2.75, 3.05) is 19.5 Å². The van der Waals surface area contributed by atoms with Gasteiger partial charge < -0.3 is 10.1 Å². The highest BCUT2D eigenvalue weighted by atomic mass is 32.2. The zero-order valence-electron chi connectivity index (χ0n) is 15.9. The molecule has 1 aliphatic carbocycles. The number of benzene rings is 1. The molecular weight excluding hydrogens is 362 g/mol. The summed E-state index contributed by atoms with van der Waals surface area (Å²) in [5.74, 6) is 0.770. The van der Waals surface area contributed by atoms with Crippen LogP contribution < -0.4 is 10.9 Å². The number of thioether (sulfide) groups is 1. The highest BCUT2D eigenvalue weighted by molar-refractivity contribution is 7.99. The van der Waals surface area contributed by atoms with E-state index in [1.54, 1.807) is 17.7 Å². The van der Waals surface area contributed by atoms with Crippen molar-refractivity contribution in [3.05, 3.63) is 34.6 Å². The van der Waals surface area contributed by atoms with Gasteiger partial charge in [0.2, 0.25) is 5.91 Å². The lowest BCUT2D eigenvalue weighted by atomic mass is 9.86. The third kappa shape index (κ3) is 4.90. The number of nitrogens with zero attached hydrogens (tertiary/aromatic N) is 2. The maximum Gasteiger partial charge on any atom is 0.262 e. The number of amides is 1. The van der Waals surface area contributed by atoms with Crippen LogP contribution in [0.15, 0.2) is 34.2 Å². The Balaban J connectivity index is 1.74. The Morgan fingerprint density at radius 2 is 2.11 bits per heavy atom. The van der Waals surface area contributed by atoms with E-state index in [9.17, 15) is 9.59 Å². The number of rotatable bonds is 7. The number of para-hydroxylation sites is 1. The van der Waals surface area contributed by atoms with Gasteiger partial charge in [0.1, 0.15) is 0 Å². The molecule has 0 radical (unpaired) electrons. The van der Waals surface area contributed by atoms with Crippen molar-refractivity contribution in [2.45, 2.75) is 50.4 Å². The Labute approximate surface area is 163 Å². The number of carbonyl (C=O) groups is 1. The highest BCUT2D eigenvalue weighted by Gasteiger charge is 2.23. The van der Waals surface area contributed by atoms with E-state index in [1.165, 1.54) is 31.0 Å². The second-order valence-electron chi connectivity index (χ2n) is 7.09. The Bertz CT molecular complexity index is 852. The average Bonchev–Trinajstić information content (AvgIpc) is 2.68. The summed E-state index contributed by atoms with van der Waals surface area (Å²) in [7, 11) is 1.60. The maximum absolute atomic E-state index is 12.8. The van der Waals surface area contributed by atoms with Crippen LogP contribution in [0.3, 0.4) is 0 Å². The lowest BCUT2D eigenvalue weighted by Crippen LogP contribution is -2.42. The zero-order valence-corrected chi connectivity index (χ0v) is 16.8. The molecule has 1 heterocycles. The van der Waals surface area contributed by atoms with E-state index >= 15 is 0 Å². The third-order valence-corrected chi connectivity index (χ3v) is 6.11. The summed E-state index contributed by atoms with van der Waals surface area (Å²) in [4.78, 5) is 29.9. The fraction of sp³-hybridized carbons (Fsp3) is 0.550. The molecule has 0 aliphatic heterocycles. The van der Waals surface area contributed by atoms with Gasteiger partial charge in [-0.1, -0.05) is 43.7 Å². The second-order valence-corrected chi connectivity index (χ2v) is 8.03. The quantitative estimate of drug-likeness (QED) is 0.582. The number of hydrogen-bond donors (Lipinski definition) is 1. The Morgan fingerprint density at radius 1 is 1.33 bits per heavy atom. The van der Waals surface area contributed by atoms with Gasteiger partial charge in [-0.15, -0.1) is 0 Å². The maximum atomic E-state index is 12.8. The molecule has 2 aromatic rings. The van der Waals surface area contributed by atoms with Gasteiger partial charge in [-0.3, -0.25) is 14.2 Å². The van der Waals surface area contributed by atoms with Gasteiger partial charge in [-0.2, -0.15) is 0 Å². The SMILES string of the molecule is COCCn1c(SCC(=O)N[C@H]2CCCC[C@H]2C)nc2ccccc2c1=O. The van der Waals surface area contributed by atoms with Gasteiger partial charge in [0.15, 0.2) is 5.16 Å². The van der Waals surface area contributed by atoms with Crippen molar-refractivity contribution in [2.24, 2.45) is 5.92 Å². The molecule has 1 fully saturated rings. The number of carbonyl (C=O) groups excluding carboxylic acids is 1. The first-order chi connectivity index (χ1) is 13.1. The van der Waals surface area contributed by atoms with Crippen molar-refractivity contribution in [3.8, 4) is 0 Å². The molecule has 1 saturated carbocycles. The molecule has 1 aromatic carbocycles. The lowest BCUT2D eigenvalue weighted by Gasteiger charge is -2.29. The summed E-state index contributed by atoms with van der Waals surface area (Å²) in [6, 6.07) is 7.55. The molecule has 1 aliphatic rings. The first-order valence-corrected chi connectivity index (χ1v) is 10.5. The monoisotopic (exact) mass is 389 g/mol. The first kappa shape index (κ1) is 19.9. The Morgan fingerprint density at radius 3 is 2.89 bits per heavy atom. The van der Waals surface area contributed by atoms with E-state index in [-0.39, 0.29) is 23.3 Å². The van der Waals surface area contributed by atoms with Crippen molar-refractivity contribution in [3.63, 3.8) is 0 Å². The van der Waals surface area contributed by atoms with Gasteiger partial charge in [-0.05, 0) is 30.9 Å². The minimum Gasteiger partial charge on any atom is -0.383 e. The molecule has 27 heavy (non-hydrogen) atoms. The number of ether oxygens (including phenoxy) is 1. The van der Waals surface area contributed by atoms with E-state index < -0.39 is 0 Å². The van der Waals surface area contributed by atoms with Crippen LogP contribution in [-0.2, 0) is 16.1 Å². The molecule has 0 spiro atoms. The smallest absolute Gasteiger partial charge is 0.262 e. The van der Waals surface area contributed by atoms with E-state index in [2.05, 4.69) is 17.2 Å². The first-order valence-electron chi connectivity index (χ1n) is 9.51. The van der Waals surface area contributed by atoms with Crippen LogP contribution in [-0.4, -0.2) is 41.0 Å². The van der Waals surface area contributed by atoms with Crippen LogP contribution in [0.25, 0.3) is 10.9 Å². The highest BCUT2D eigenvalue weighted by Crippen LogP contribution is 2.24. The number of fused-ring (bicyclic) bond motifs is 1. The molecule has 0 unspecified atom stereocenters. The molecule has 1 aromatic heterocycles. The fourth-order valence-corrected chi connectivity index (χ4v) is 4.38. The number of nitrogens with one attached hydrogen (secondary N) is 1. The minimum atomic E-state index is -0.0959. The molecule has 2 atom stereocenters. The Kier molecular flexibility index (Phi) is 6.90. The minimum absolute atomic E-state index is 0.000510. The molecule has 7 heteroatoms. The zero-order chi connectivity index (χ0) is 19.2. The summed E-state index contributed by atoms with van der Waals surface area (Å²) in [6.45, 7) is 3.03. The molecule has 3 rings (SSSR count). The number of aromatic nitrogens is 2. The van der Waals surface area contributed by atoms with E-state index in [0.717, 1.165) is 6.42 Å². The summed E-state index contributed by atoms with van der Waals surface area (Å²) in [6.07, 6.45) is 4.63. The molecule has 1 N–H and O–H groups in total. The Hall–Kier alpha value is -1.86. The predicted molar refractivity (Wildman–Crippen MR) is 108 cm³/mol. The summed E-state index contributed by atoms with van der Waals surface area (Å²) in [5.41, 5.74) is 0.557. The standard InChI is InChI=1S/C20H27N3O3S/c1-14-7-3-5-9-16(14)21-18(24)13-27-20-22-17-10-6-4-8-15(17)19(25)23(20)11-12-26-2/h4,6,8,10,14,16H,3,5,7,9,11-13H2,1-2H3,(H,21,24)/t14-,16+/m1/s1. The number of methoxy groups -OCH3 is 1. The van der Waals surface area contributed by atoms with Crippen LogP contribution in [0.4, 0.5) is 0 Å². The largest absolute Gasteiger partial charge is 0.383 e. The van der Waals surface area contributed by atoms with Crippen LogP contribution in [0.2, 0.25) is 0 Å². The molecular formula is C20H27N3O3S. The summed E-state index contributed by atoms with van der Waals surface area (Å²) < 4.78 is 6.73. The van der Waals surface area contributed by atoms with Gasteiger partial charge in [0.05, 0.1) is 29.8 Å². The molecule has 0 bridgehead atoms. The van der Waals surface area contributed by atoms with E-state index in [1.807, 2.05) is 18.2 Å². The van der Waals surface area contributed by atoms with Crippen LogP contribution in [0, 0.1) is 5.92 Å². The molecule has 146 valence electrons. The second kappa shape index (κ2) is 9.37. The van der Waals surface area contributed by atoms with Gasteiger partial charge in [0.25, 0.3) is 5.56 Å². The van der Waals surface area contributed by atoms with E-state index in [4.69, 9.17) is 4.74 Å². The van der Waals surface area contributed by atoms with Crippen molar-refractivity contribution in [1.29, 1.82) is 0 Å². The van der Waals surface area contributed by atoms with Gasteiger partial charge >= 0.3 is 0 Å². The van der Waals surface area contributed by atoms with Crippen molar-refractivity contribution >= 4 is 28.6 Å². The molecule has 6 nitrogen and oxygen atoms in total. The van der Waals surface area contributed by atoms with Gasteiger partial charge in [0, 0.05) is 13.2 Å². The lowest BCUT2D eigenvalue weighted by molar-refractivity contribution is -0.119. The third-order valence-electron chi connectivity index (χ3n) is 5.14. The fourth-order valence-electron chi connectivity index (χ4n) is 3.55. The normalized spacial score (nSPS) is 19.9. The predicted octanol–water partition coefficient (Wildman–Crippen LogP) is 2.83. The van der Waals surface area contributed by atoms with Crippen molar-refractivity contribution < 1.29 is 9.53 Å². The molecule has 1 amide bonds. The summed E-state index contributed by atoms with van der Waals surface area (Å²) >= 11 is 1.31. The van der Waals surface area contributed by atoms with Crippen LogP contribution >= 0.6 is 11.8 Å².